The van der Waals surface area contributed by atoms with Gasteiger partial charge in [0.15, 0.2) is 11.4 Å². The van der Waals surface area contributed by atoms with Crippen LogP contribution in [0, 0.1) is 15.5 Å². The molecule has 3 N–H and O–H groups in total. The van der Waals surface area contributed by atoms with Crippen LogP contribution >= 0.6 is 0 Å². The molecule has 3 aromatic carbocycles. The summed E-state index contributed by atoms with van der Waals surface area (Å²) < 4.78 is 55.1. The van der Waals surface area contributed by atoms with E-state index in [1.54, 1.807) is 12.3 Å². The Hall–Kier alpha value is -5.99. The van der Waals surface area contributed by atoms with Gasteiger partial charge in [-0.25, -0.2) is 13.1 Å². The summed E-state index contributed by atoms with van der Waals surface area (Å²) in [4.78, 5) is 43.5. The zero-order valence-electron chi connectivity index (χ0n) is 39.2. The van der Waals surface area contributed by atoms with E-state index >= 15 is 0 Å². The first kappa shape index (κ1) is 44.0. The summed E-state index contributed by atoms with van der Waals surface area (Å²) in [6, 6.07) is 21.2. The van der Waals surface area contributed by atoms with Crippen LogP contribution in [0.15, 0.2) is 77.8 Å². The molecular formula is C51H57N9O9S. The second-order valence-corrected chi connectivity index (χ2v) is 22.8. The molecule has 19 heteroatoms. The molecule has 1 spiro atoms. The van der Waals surface area contributed by atoms with Gasteiger partial charge in [0.05, 0.1) is 59.1 Å². The maximum Gasteiger partial charge on any atom is 0.297 e. The van der Waals surface area contributed by atoms with Gasteiger partial charge in [-0.05, 0) is 86.0 Å². The number of hydrogen-bond acceptors (Lipinski definition) is 15. The van der Waals surface area contributed by atoms with E-state index in [9.17, 15) is 23.3 Å². The van der Waals surface area contributed by atoms with Crippen LogP contribution in [0.5, 0.6) is 11.6 Å². The molecular weight excluding hydrogens is 915 g/mol. The third-order valence-corrected chi connectivity index (χ3v) is 17.7. The van der Waals surface area contributed by atoms with Gasteiger partial charge in [-0.2, -0.15) is 4.98 Å². The Bertz CT molecular complexity index is 3040. The Labute approximate surface area is 405 Å². The quantitative estimate of drug-likeness (QED) is 0.0963. The van der Waals surface area contributed by atoms with Crippen molar-refractivity contribution >= 4 is 55.4 Å². The van der Waals surface area contributed by atoms with Crippen LogP contribution in [-0.2, 0) is 19.5 Å². The van der Waals surface area contributed by atoms with E-state index in [2.05, 4.69) is 67.8 Å². The highest BCUT2D eigenvalue weighted by molar-refractivity contribution is 7.90. The van der Waals surface area contributed by atoms with Crippen LogP contribution in [0.3, 0.4) is 0 Å². The van der Waals surface area contributed by atoms with Crippen LogP contribution in [0.1, 0.15) is 79.4 Å². The number of sulfonamides is 1. The first-order chi connectivity index (χ1) is 33.9. The molecule has 5 aromatic rings. The summed E-state index contributed by atoms with van der Waals surface area (Å²) in [5.41, 5.74) is 5.48. The molecule has 7 aliphatic heterocycles. The van der Waals surface area contributed by atoms with Crippen LogP contribution in [0.25, 0.3) is 11.0 Å². The first-order valence-electron chi connectivity index (χ1n) is 24.8. The van der Waals surface area contributed by atoms with Crippen molar-refractivity contribution in [3.63, 3.8) is 0 Å². The van der Waals surface area contributed by atoms with E-state index in [1.165, 1.54) is 30.0 Å². The monoisotopic (exact) mass is 971 g/mol. The summed E-state index contributed by atoms with van der Waals surface area (Å²) in [6.07, 6.45) is 7.18. The van der Waals surface area contributed by atoms with Crippen molar-refractivity contribution < 1.29 is 37.1 Å². The van der Waals surface area contributed by atoms with Gasteiger partial charge in [0.2, 0.25) is 5.88 Å². The number of aromatic amines is 1. The van der Waals surface area contributed by atoms with Gasteiger partial charge >= 0.3 is 0 Å². The minimum atomic E-state index is -4.69. The molecule has 1 amide bonds. The Morgan fingerprint density at radius 3 is 2.67 bits per heavy atom. The third-order valence-electron chi connectivity index (χ3n) is 16.4. The van der Waals surface area contributed by atoms with Gasteiger partial charge in [-0.15, -0.1) is 0 Å². The number of rotatable bonds is 11. The molecule has 70 heavy (non-hydrogen) atoms. The molecule has 1 saturated carbocycles. The molecule has 6 fully saturated rings. The zero-order chi connectivity index (χ0) is 47.6. The maximum atomic E-state index is 14.7. The Balaban J connectivity index is 0.787. The third kappa shape index (κ3) is 7.37. The van der Waals surface area contributed by atoms with Crippen LogP contribution in [-0.4, -0.2) is 135 Å². The molecule has 2 aromatic heterocycles. The smallest absolute Gasteiger partial charge is 0.297 e. The average molecular weight is 972 g/mol. The summed E-state index contributed by atoms with van der Waals surface area (Å²) in [7, 11) is -4.69. The fourth-order valence-electron chi connectivity index (χ4n) is 13.0. The van der Waals surface area contributed by atoms with Crippen molar-refractivity contribution in [3.05, 3.63) is 99.7 Å². The standard InChI is InChI=1S/C51H57N9O9S/c1-29(2)37-6-3-4-7-38(37)40-8-5-13-58(40)34-19-51(20-34)27-57(28-51)32-9-10-39(41(16-32)59-43-14-30-11-12-52-48(30)54-50(43)69-46-26-66-25-44(46)59)49(61)55-70(64,65)36-17-42(60(62)63)47-45(18-36)68-23-31(53-47)21-56-22-35-15-33(56)24-67-35/h3-4,6-7,9-12,14,16-18,29,31,33-35,40,44,46,53H,5,8,13,15,19-28H2,1-2H3,(H,52,54)(H,55,61)/t31-,33+,35+,40-,44-,46-/m0/s1. The van der Waals surface area contributed by atoms with Gasteiger partial charge in [-0.3, -0.25) is 24.7 Å². The van der Waals surface area contributed by atoms with Gasteiger partial charge < -0.3 is 39.0 Å². The largest absolute Gasteiger partial charge is 0.489 e. The number of aromatic nitrogens is 2. The van der Waals surface area contributed by atoms with E-state index < -0.39 is 37.5 Å². The number of benzene rings is 3. The van der Waals surface area contributed by atoms with Crippen molar-refractivity contribution in [2.45, 2.75) is 99.2 Å². The summed E-state index contributed by atoms with van der Waals surface area (Å²) in [5, 5.41) is 16.6. The lowest BCUT2D eigenvalue weighted by Gasteiger charge is -2.62. The number of likely N-dealkylation sites (tertiary alicyclic amines) is 2. The zero-order valence-corrected chi connectivity index (χ0v) is 40.0. The highest BCUT2D eigenvalue weighted by Gasteiger charge is 2.55. The van der Waals surface area contributed by atoms with Crippen molar-refractivity contribution in [1.29, 1.82) is 0 Å². The minimum absolute atomic E-state index is 0.0252. The van der Waals surface area contributed by atoms with Gasteiger partial charge in [0.25, 0.3) is 21.6 Å². The van der Waals surface area contributed by atoms with Gasteiger partial charge in [-0.1, -0.05) is 38.1 Å². The maximum absolute atomic E-state index is 14.7. The number of amides is 1. The van der Waals surface area contributed by atoms with E-state index in [0.29, 0.717) is 73.3 Å². The van der Waals surface area contributed by atoms with Crippen LogP contribution in [0.4, 0.5) is 28.4 Å². The minimum Gasteiger partial charge on any atom is -0.489 e. The topological polar surface area (TPSA) is 197 Å². The Morgan fingerprint density at radius 1 is 1.01 bits per heavy atom. The molecule has 366 valence electrons. The molecule has 1 aliphatic carbocycles. The van der Waals surface area contributed by atoms with E-state index in [-0.39, 0.29) is 47.2 Å². The SMILES string of the molecule is CC(C)c1ccccc1[C@@H]1CCCN1C1CC2(C1)CN(c1ccc(C(=O)NS(=O)(=O)c3cc4c(c([N+](=O)[O-])c3)N[C@@H](CN3C[C@H]5C[C@@H]3CO5)CO4)c(N3c4cc5cc[nH]c5nc4O[C@H]4COC[C@@H]43)c1)C2. The Morgan fingerprint density at radius 2 is 1.87 bits per heavy atom. The number of H-pyrrole nitrogens is 1. The first-order valence-corrected chi connectivity index (χ1v) is 26.3. The van der Waals surface area contributed by atoms with Crippen molar-refractivity contribution in [2.24, 2.45) is 5.41 Å². The van der Waals surface area contributed by atoms with Crippen LogP contribution in [0.2, 0.25) is 0 Å². The molecule has 9 heterocycles. The van der Waals surface area contributed by atoms with Crippen molar-refractivity contribution in [2.75, 3.05) is 74.3 Å². The number of nitrogens with one attached hydrogen (secondary N) is 3. The van der Waals surface area contributed by atoms with E-state index in [0.717, 1.165) is 62.6 Å². The fourth-order valence-corrected chi connectivity index (χ4v) is 14.0. The number of fused-ring (bicyclic) bond motifs is 6. The molecule has 13 rings (SSSR count). The number of morpholine rings is 1. The van der Waals surface area contributed by atoms with E-state index in [4.69, 9.17) is 23.9 Å². The Kier molecular flexibility index (Phi) is 10.4. The van der Waals surface area contributed by atoms with Crippen LogP contribution < -0.4 is 29.3 Å². The normalized spacial score (nSPS) is 26.8. The molecule has 5 saturated heterocycles. The molecule has 0 unspecified atom stereocenters. The predicted molar refractivity (Wildman–Crippen MR) is 261 cm³/mol. The van der Waals surface area contributed by atoms with Crippen molar-refractivity contribution in [1.82, 2.24) is 24.5 Å². The number of nitrogens with zero attached hydrogens (tertiary/aromatic N) is 6. The lowest BCUT2D eigenvalue weighted by molar-refractivity contribution is -0.384. The molecule has 6 atom stereocenters. The fraction of sp³-hybridized carbons (Fsp3) is 0.490. The van der Waals surface area contributed by atoms with Crippen molar-refractivity contribution in [3.8, 4) is 11.6 Å². The lowest BCUT2D eigenvalue weighted by atomic mass is 9.60. The molecule has 8 aliphatic rings. The molecule has 18 nitrogen and oxygen atoms in total. The lowest BCUT2D eigenvalue weighted by Crippen LogP contribution is -2.66. The second kappa shape index (κ2) is 16.5. The number of carbonyl (C=O) groups excluding carboxylic acids is 1. The number of nitro groups is 1. The molecule has 0 radical (unpaired) electrons. The predicted octanol–water partition coefficient (Wildman–Crippen LogP) is 6.46. The summed E-state index contributed by atoms with van der Waals surface area (Å²) in [5.74, 6) is -0.0367. The average Bonchev–Trinajstić information content (AvgIpc) is 4.19. The number of carbonyl (C=O) groups is 1. The summed E-state index contributed by atoms with van der Waals surface area (Å²) in [6.45, 7) is 10.2. The number of ether oxygens (including phenoxy) is 4. The van der Waals surface area contributed by atoms with Gasteiger partial charge in [0.1, 0.15) is 24.0 Å². The van der Waals surface area contributed by atoms with E-state index in [1.807, 2.05) is 29.2 Å². The van der Waals surface area contributed by atoms with Gasteiger partial charge in [0, 0.05) is 79.1 Å². The highest BCUT2D eigenvalue weighted by Crippen LogP contribution is 2.55. The second-order valence-electron chi connectivity index (χ2n) is 21.1. The number of nitro benzene ring substituents is 1. The number of anilines is 4. The number of hydrogen-bond donors (Lipinski definition) is 3. The number of pyridine rings is 1. The highest BCUT2D eigenvalue weighted by atomic mass is 32.2. The molecule has 2 bridgehead atoms. The summed E-state index contributed by atoms with van der Waals surface area (Å²) >= 11 is 0.